The highest BCUT2D eigenvalue weighted by Gasteiger charge is 2.35. The van der Waals surface area contributed by atoms with E-state index in [2.05, 4.69) is 19.1 Å². The number of ether oxygens (including phenoxy) is 2. The van der Waals surface area contributed by atoms with E-state index >= 15 is 0 Å². The Balaban J connectivity index is 1.01. The second kappa shape index (κ2) is 15.8. The second-order valence-corrected chi connectivity index (χ2v) is 13.0. The molecule has 0 radical (unpaired) electrons. The molecule has 0 bridgehead atoms. The lowest BCUT2D eigenvalue weighted by molar-refractivity contribution is -0.223. The molecule has 1 heterocycles. The van der Waals surface area contributed by atoms with Crippen molar-refractivity contribution in [2.75, 3.05) is 13.2 Å². The van der Waals surface area contributed by atoms with Crippen molar-refractivity contribution in [1.29, 1.82) is 0 Å². The van der Waals surface area contributed by atoms with Gasteiger partial charge in [0.1, 0.15) is 0 Å². The highest BCUT2D eigenvalue weighted by atomic mass is 19.3. The van der Waals surface area contributed by atoms with Crippen LogP contribution in [0.2, 0.25) is 0 Å². The normalized spacial score (nSPS) is 37.5. The molecule has 0 N–H and O–H groups in total. The smallest absolute Gasteiger partial charge is 0.266 e. The summed E-state index contributed by atoms with van der Waals surface area (Å²) in [6.07, 6.45) is 27.5. The number of unbranched alkanes of at least 4 members (excludes halogenated alkanes) is 1. The van der Waals surface area contributed by atoms with Gasteiger partial charge in [-0.2, -0.15) is 8.78 Å². The largest absolute Gasteiger partial charge is 0.352 e. The molecule has 2 nitrogen and oxygen atoms in total. The summed E-state index contributed by atoms with van der Waals surface area (Å²) in [5.41, 5.74) is 0. The molecule has 0 aromatic rings. The van der Waals surface area contributed by atoms with E-state index in [1.165, 1.54) is 103 Å². The molecular weight excluding hydrogens is 466 g/mol. The standard InChI is InChI=1S/C33H54F2O2/c1-2-6-28-23-36-33(37-24-28)31-21-19-30(20-22-31)29-17-15-26(16-18-29)8-4-3-7-25-11-13-27(14-12-25)9-5-10-32(34)35/h2,6,10,25-31,33H,3-5,7-9,11-24H2,1H3. The molecule has 4 rings (SSSR count). The van der Waals surface area contributed by atoms with Crippen LogP contribution in [0.1, 0.15) is 122 Å². The molecule has 1 saturated heterocycles. The molecule has 1 aliphatic heterocycles. The van der Waals surface area contributed by atoms with Gasteiger partial charge < -0.3 is 9.47 Å². The van der Waals surface area contributed by atoms with E-state index in [-0.39, 0.29) is 6.29 Å². The molecule has 0 unspecified atom stereocenters. The first-order chi connectivity index (χ1) is 18.1. The maximum atomic E-state index is 12.2. The van der Waals surface area contributed by atoms with Gasteiger partial charge in [-0.25, -0.2) is 0 Å². The van der Waals surface area contributed by atoms with Crippen LogP contribution < -0.4 is 0 Å². The molecule has 0 amide bonds. The molecule has 3 aliphatic carbocycles. The van der Waals surface area contributed by atoms with E-state index in [4.69, 9.17) is 9.47 Å². The molecule has 212 valence electrons. The summed E-state index contributed by atoms with van der Waals surface area (Å²) in [6.45, 7) is 3.72. The predicted molar refractivity (Wildman–Crippen MR) is 148 cm³/mol. The molecule has 4 aliphatic rings. The van der Waals surface area contributed by atoms with Gasteiger partial charge in [0.2, 0.25) is 0 Å². The van der Waals surface area contributed by atoms with Crippen LogP contribution >= 0.6 is 0 Å². The second-order valence-electron chi connectivity index (χ2n) is 13.0. The minimum Gasteiger partial charge on any atom is -0.352 e. The average Bonchev–Trinajstić information content (AvgIpc) is 2.93. The zero-order valence-corrected chi connectivity index (χ0v) is 23.6. The van der Waals surface area contributed by atoms with E-state index in [1.54, 1.807) is 0 Å². The SMILES string of the molecule is CC=CC1COC(C2CCC(C3CCC(CCCCC4CCC(CCC=C(F)F)CC4)CC3)CC2)OC1. The first kappa shape index (κ1) is 29.2. The van der Waals surface area contributed by atoms with Crippen molar-refractivity contribution in [3.05, 3.63) is 24.3 Å². The van der Waals surface area contributed by atoms with E-state index in [1.807, 2.05) is 0 Å². The molecule has 0 atom stereocenters. The summed E-state index contributed by atoms with van der Waals surface area (Å²) in [7, 11) is 0. The van der Waals surface area contributed by atoms with Crippen molar-refractivity contribution >= 4 is 0 Å². The van der Waals surface area contributed by atoms with E-state index in [9.17, 15) is 8.78 Å². The average molecular weight is 521 g/mol. The summed E-state index contributed by atoms with van der Waals surface area (Å²) >= 11 is 0. The minimum absolute atomic E-state index is 0.0454. The summed E-state index contributed by atoms with van der Waals surface area (Å²) < 4.78 is 36.6. The predicted octanol–water partition coefficient (Wildman–Crippen LogP) is 10.1. The van der Waals surface area contributed by atoms with Gasteiger partial charge in [0, 0.05) is 11.8 Å². The fourth-order valence-electron chi connectivity index (χ4n) is 8.13. The van der Waals surface area contributed by atoms with Crippen LogP contribution in [-0.4, -0.2) is 19.5 Å². The number of hydrogen-bond acceptors (Lipinski definition) is 2. The van der Waals surface area contributed by atoms with Crippen LogP contribution in [0.5, 0.6) is 0 Å². The highest BCUT2D eigenvalue weighted by molar-refractivity contribution is 4.89. The third-order valence-corrected chi connectivity index (χ3v) is 10.5. The van der Waals surface area contributed by atoms with E-state index in [0.717, 1.165) is 49.4 Å². The number of halogens is 2. The molecule has 3 saturated carbocycles. The third-order valence-electron chi connectivity index (χ3n) is 10.5. The van der Waals surface area contributed by atoms with Gasteiger partial charge >= 0.3 is 0 Å². The van der Waals surface area contributed by atoms with Crippen molar-refractivity contribution in [3.8, 4) is 0 Å². The number of allylic oxidation sites excluding steroid dienone is 2. The van der Waals surface area contributed by atoms with Crippen molar-refractivity contribution in [3.63, 3.8) is 0 Å². The Hall–Kier alpha value is -0.740. The van der Waals surface area contributed by atoms with Gasteiger partial charge in [0.05, 0.1) is 13.2 Å². The lowest BCUT2D eigenvalue weighted by Crippen LogP contribution is -2.38. The zero-order valence-electron chi connectivity index (χ0n) is 23.6. The molecule has 0 aromatic carbocycles. The Labute approximate surface area is 226 Å². The van der Waals surface area contributed by atoms with Crippen LogP contribution in [-0.2, 0) is 9.47 Å². The Kier molecular flexibility index (Phi) is 12.5. The molecule has 37 heavy (non-hydrogen) atoms. The van der Waals surface area contributed by atoms with Crippen molar-refractivity contribution in [1.82, 2.24) is 0 Å². The lowest BCUT2D eigenvalue weighted by Gasteiger charge is -2.41. The van der Waals surface area contributed by atoms with Crippen molar-refractivity contribution in [2.24, 2.45) is 41.4 Å². The fraction of sp³-hybridized carbons (Fsp3) is 0.879. The van der Waals surface area contributed by atoms with E-state index in [0.29, 0.717) is 24.2 Å². The van der Waals surface area contributed by atoms with Crippen LogP contribution in [0.15, 0.2) is 24.3 Å². The van der Waals surface area contributed by atoms with Crippen molar-refractivity contribution in [2.45, 2.75) is 129 Å². The molecule has 0 aromatic heterocycles. The van der Waals surface area contributed by atoms with Gasteiger partial charge in [-0.3, -0.25) is 0 Å². The van der Waals surface area contributed by atoms with Crippen molar-refractivity contribution < 1.29 is 18.3 Å². The summed E-state index contributed by atoms with van der Waals surface area (Å²) in [5, 5.41) is 0. The Bertz CT molecular complexity index is 670. The Morgan fingerprint density at radius 3 is 1.62 bits per heavy atom. The number of rotatable bonds is 11. The summed E-state index contributed by atoms with van der Waals surface area (Å²) in [6, 6.07) is 0. The first-order valence-electron chi connectivity index (χ1n) is 16.0. The fourth-order valence-corrected chi connectivity index (χ4v) is 8.13. The van der Waals surface area contributed by atoms with Crippen LogP contribution in [0, 0.1) is 41.4 Å². The monoisotopic (exact) mass is 520 g/mol. The summed E-state index contributed by atoms with van der Waals surface area (Å²) in [4.78, 5) is 0. The van der Waals surface area contributed by atoms with Crippen LogP contribution in [0.25, 0.3) is 0 Å². The maximum absolute atomic E-state index is 12.2. The van der Waals surface area contributed by atoms with E-state index < -0.39 is 6.08 Å². The van der Waals surface area contributed by atoms with Crippen LogP contribution in [0.4, 0.5) is 8.78 Å². The molecule has 0 spiro atoms. The first-order valence-corrected chi connectivity index (χ1v) is 16.0. The third kappa shape index (κ3) is 9.75. The quantitative estimate of drug-likeness (QED) is 0.199. The zero-order chi connectivity index (χ0) is 25.9. The van der Waals surface area contributed by atoms with Gasteiger partial charge in [0.25, 0.3) is 6.08 Å². The molecule has 4 fully saturated rings. The maximum Gasteiger partial charge on any atom is 0.266 e. The van der Waals surface area contributed by atoms with Crippen LogP contribution in [0.3, 0.4) is 0 Å². The number of hydrogen-bond donors (Lipinski definition) is 0. The highest BCUT2D eigenvalue weighted by Crippen LogP contribution is 2.44. The topological polar surface area (TPSA) is 18.5 Å². The van der Waals surface area contributed by atoms with Gasteiger partial charge in [-0.1, -0.05) is 76.4 Å². The lowest BCUT2D eigenvalue weighted by atomic mass is 9.68. The Morgan fingerprint density at radius 1 is 0.649 bits per heavy atom. The Morgan fingerprint density at radius 2 is 1.11 bits per heavy atom. The molecule has 4 heteroatoms. The van der Waals surface area contributed by atoms with Gasteiger partial charge in [-0.05, 0) is 94.0 Å². The minimum atomic E-state index is -1.51. The summed E-state index contributed by atoms with van der Waals surface area (Å²) in [5.74, 6) is 5.51. The molecular formula is C33H54F2O2. The van der Waals surface area contributed by atoms with Gasteiger partial charge in [-0.15, -0.1) is 0 Å². The van der Waals surface area contributed by atoms with Gasteiger partial charge in [0.15, 0.2) is 6.29 Å².